The lowest BCUT2D eigenvalue weighted by Gasteiger charge is -2.31. The van der Waals surface area contributed by atoms with Crippen molar-refractivity contribution in [2.75, 3.05) is 26.2 Å². The van der Waals surface area contributed by atoms with Gasteiger partial charge in [-0.15, -0.1) is 12.4 Å². The molecule has 1 aromatic carbocycles. The maximum Gasteiger partial charge on any atom is 0.271 e. The first-order valence-corrected chi connectivity index (χ1v) is 9.15. The van der Waals surface area contributed by atoms with Crippen molar-refractivity contribution in [1.82, 2.24) is 20.0 Å². The minimum atomic E-state index is -0.295. The molecule has 4 N–H and O–H groups in total. The van der Waals surface area contributed by atoms with Crippen LogP contribution in [0.15, 0.2) is 35.1 Å². The Morgan fingerprint density at radius 3 is 2.68 bits per heavy atom. The maximum atomic E-state index is 12.8. The molecule has 0 bridgehead atoms. The molecule has 0 spiro atoms. The van der Waals surface area contributed by atoms with Crippen molar-refractivity contribution in [2.45, 2.75) is 19.8 Å². The second-order valence-electron chi connectivity index (χ2n) is 6.85. The van der Waals surface area contributed by atoms with Gasteiger partial charge in [0.1, 0.15) is 5.69 Å². The molecule has 1 unspecified atom stereocenters. The molecule has 9 heteroatoms. The number of carbonyl (C=O) groups is 2. The van der Waals surface area contributed by atoms with Crippen LogP contribution < -0.4 is 16.6 Å². The highest BCUT2D eigenvalue weighted by Gasteiger charge is 2.29. The van der Waals surface area contributed by atoms with Crippen molar-refractivity contribution in [2.24, 2.45) is 11.7 Å². The lowest BCUT2D eigenvalue weighted by Crippen LogP contribution is -2.46. The second kappa shape index (κ2) is 9.57. The third kappa shape index (κ3) is 4.82. The van der Waals surface area contributed by atoms with E-state index in [1.54, 1.807) is 4.90 Å². The number of halogens is 1. The maximum absolute atomic E-state index is 12.8. The van der Waals surface area contributed by atoms with Gasteiger partial charge in [-0.2, -0.15) is 0 Å². The average molecular weight is 408 g/mol. The smallest absolute Gasteiger partial charge is 0.271 e. The molecular formula is C19H26ClN5O3. The Bertz CT molecular complexity index is 874. The largest absolute Gasteiger partial charge is 0.355 e. The third-order valence-corrected chi connectivity index (χ3v) is 4.77. The average Bonchev–Trinajstić information content (AvgIpc) is 3.08. The predicted octanol–water partition coefficient (Wildman–Crippen LogP) is 0.823. The lowest BCUT2D eigenvalue weighted by molar-refractivity contribution is -0.126. The number of piperidine rings is 1. The number of aromatic amines is 1. The number of benzene rings is 1. The van der Waals surface area contributed by atoms with Crippen molar-refractivity contribution in [3.63, 3.8) is 0 Å². The summed E-state index contributed by atoms with van der Waals surface area (Å²) in [6.45, 7) is 3.68. The molecule has 28 heavy (non-hydrogen) atoms. The summed E-state index contributed by atoms with van der Waals surface area (Å²) in [5, 5.41) is 5.67. The number of amides is 2. The van der Waals surface area contributed by atoms with Crippen molar-refractivity contribution >= 4 is 24.2 Å². The van der Waals surface area contributed by atoms with Crippen LogP contribution in [0.3, 0.4) is 0 Å². The summed E-state index contributed by atoms with van der Waals surface area (Å²) < 4.78 is 1.35. The lowest BCUT2D eigenvalue weighted by atomic mass is 9.97. The Labute approximate surface area is 169 Å². The van der Waals surface area contributed by atoms with E-state index in [1.807, 2.05) is 31.2 Å². The van der Waals surface area contributed by atoms with Crippen LogP contribution in [-0.2, 0) is 4.79 Å². The van der Waals surface area contributed by atoms with Gasteiger partial charge in [0.15, 0.2) is 0 Å². The number of nitrogens with one attached hydrogen (secondary N) is 2. The zero-order chi connectivity index (χ0) is 19.4. The second-order valence-corrected chi connectivity index (χ2v) is 6.85. The molecule has 8 nitrogen and oxygen atoms in total. The minimum Gasteiger partial charge on any atom is -0.355 e. The number of aromatic nitrogens is 2. The third-order valence-electron chi connectivity index (χ3n) is 4.77. The Morgan fingerprint density at radius 2 is 2.00 bits per heavy atom. The van der Waals surface area contributed by atoms with E-state index in [-0.39, 0.29) is 41.4 Å². The van der Waals surface area contributed by atoms with E-state index in [0.29, 0.717) is 31.9 Å². The van der Waals surface area contributed by atoms with E-state index in [4.69, 9.17) is 5.73 Å². The first-order chi connectivity index (χ1) is 13.0. The van der Waals surface area contributed by atoms with Crippen molar-refractivity contribution in [1.29, 1.82) is 0 Å². The fourth-order valence-corrected chi connectivity index (χ4v) is 3.28. The van der Waals surface area contributed by atoms with Crippen LogP contribution in [0, 0.1) is 12.8 Å². The Balaban J connectivity index is 0.00000280. The quantitative estimate of drug-likeness (QED) is 0.681. The summed E-state index contributed by atoms with van der Waals surface area (Å²) in [5.41, 5.74) is 7.10. The Morgan fingerprint density at radius 1 is 1.29 bits per heavy atom. The minimum absolute atomic E-state index is 0. The molecule has 3 rings (SSSR count). The monoisotopic (exact) mass is 407 g/mol. The summed E-state index contributed by atoms with van der Waals surface area (Å²) in [5.74, 6) is -0.599. The normalized spacial score (nSPS) is 16.4. The molecule has 2 aromatic rings. The topological polar surface area (TPSA) is 113 Å². The van der Waals surface area contributed by atoms with E-state index >= 15 is 0 Å². The highest BCUT2D eigenvalue weighted by molar-refractivity contribution is 5.93. The van der Waals surface area contributed by atoms with Gasteiger partial charge in [0, 0.05) is 32.2 Å². The number of likely N-dealkylation sites (tertiary alicyclic amines) is 1. The van der Waals surface area contributed by atoms with Crippen LogP contribution in [0.4, 0.5) is 0 Å². The van der Waals surface area contributed by atoms with Crippen LogP contribution in [0.5, 0.6) is 0 Å². The van der Waals surface area contributed by atoms with Crippen molar-refractivity contribution in [3.05, 3.63) is 51.9 Å². The number of nitrogens with zero attached hydrogens (tertiary/aromatic N) is 2. The highest BCUT2D eigenvalue weighted by Crippen LogP contribution is 2.18. The summed E-state index contributed by atoms with van der Waals surface area (Å²) >= 11 is 0. The number of rotatable bonds is 5. The van der Waals surface area contributed by atoms with Crippen LogP contribution >= 0.6 is 12.4 Å². The number of nitrogens with two attached hydrogens (primary N) is 1. The van der Waals surface area contributed by atoms with Crippen LogP contribution in [0.1, 0.15) is 28.9 Å². The summed E-state index contributed by atoms with van der Waals surface area (Å²) in [6, 6.07) is 8.75. The summed E-state index contributed by atoms with van der Waals surface area (Å²) in [4.78, 5) is 38.9. The Kier molecular flexibility index (Phi) is 7.42. The van der Waals surface area contributed by atoms with Gasteiger partial charge in [-0.3, -0.25) is 19.5 Å². The van der Waals surface area contributed by atoms with Gasteiger partial charge in [0.05, 0.1) is 11.6 Å². The SMILES string of the molecule is Cc1ccc(-n2[nH]c(C(=O)N3CCCC(C(=O)NCCN)C3)cc2=O)cc1.Cl. The molecule has 1 saturated heterocycles. The molecule has 0 saturated carbocycles. The molecule has 1 aromatic heterocycles. The fraction of sp³-hybridized carbons (Fsp3) is 0.421. The van der Waals surface area contributed by atoms with E-state index in [2.05, 4.69) is 10.4 Å². The van der Waals surface area contributed by atoms with Crippen molar-refractivity contribution in [3.8, 4) is 5.69 Å². The van der Waals surface area contributed by atoms with Gasteiger partial charge in [0.2, 0.25) is 5.91 Å². The van der Waals surface area contributed by atoms with Gasteiger partial charge in [0.25, 0.3) is 11.5 Å². The number of carbonyl (C=O) groups excluding carboxylic acids is 2. The zero-order valence-corrected chi connectivity index (χ0v) is 16.6. The van der Waals surface area contributed by atoms with Gasteiger partial charge in [-0.25, -0.2) is 4.68 Å². The number of hydrogen-bond donors (Lipinski definition) is 3. The van der Waals surface area contributed by atoms with E-state index < -0.39 is 0 Å². The Hall–Kier alpha value is -2.58. The zero-order valence-electron chi connectivity index (χ0n) is 15.8. The predicted molar refractivity (Wildman–Crippen MR) is 109 cm³/mol. The van der Waals surface area contributed by atoms with Gasteiger partial charge in [-0.05, 0) is 31.9 Å². The molecule has 0 aliphatic carbocycles. The van der Waals surface area contributed by atoms with E-state index in [1.165, 1.54) is 10.7 Å². The van der Waals surface area contributed by atoms with Crippen molar-refractivity contribution < 1.29 is 9.59 Å². The van der Waals surface area contributed by atoms with Crippen LogP contribution in [0.25, 0.3) is 5.69 Å². The van der Waals surface area contributed by atoms with E-state index in [0.717, 1.165) is 18.4 Å². The molecular weight excluding hydrogens is 382 g/mol. The molecule has 2 amide bonds. The van der Waals surface area contributed by atoms with Gasteiger partial charge in [-0.1, -0.05) is 17.7 Å². The fourth-order valence-electron chi connectivity index (χ4n) is 3.28. The summed E-state index contributed by atoms with van der Waals surface area (Å²) in [7, 11) is 0. The standard InChI is InChI=1S/C19H25N5O3.ClH/c1-13-4-6-15(7-5-13)24-17(25)11-16(22-24)19(27)23-10-2-3-14(12-23)18(26)21-9-8-20;/h4-7,11,14,22H,2-3,8-10,12,20H2,1H3,(H,21,26);1H. The molecule has 0 radical (unpaired) electrons. The van der Waals surface area contributed by atoms with Gasteiger partial charge < -0.3 is 16.0 Å². The van der Waals surface area contributed by atoms with Gasteiger partial charge >= 0.3 is 0 Å². The molecule has 1 aliphatic heterocycles. The molecule has 2 heterocycles. The molecule has 1 aliphatic rings. The number of hydrogen-bond acceptors (Lipinski definition) is 4. The van der Waals surface area contributed by atoms with Crippen LogP contribution in [0.2, 0.25) is 0 Å². The van der Waals surface area contributed by atoms with Crippen LogP contribution in [-0.4, -0.2) is 52.7 Å². The molecule has 1 atom stereocenters. The highest BCUT2D eigenvalue weighted by atomic mass is 35.5. The number of aryl methyl sites for hydroxylation is 1. The molecule has 152 valence electrons. The molecule has 1 fully saturated rings. The first-order valence-electron chi connectivity index (χ1n) is 9.15. The number of H-pyrrole nitrogens is 1. The first kappa shape index (κ1) is 21.7. The van der Waals surface area contributed by atoms with E-state index in [9.17, 15) is 14.4 Å². The summed E-state index contributed by atoms with van der Waals surface area (Å²) in [6.07, 6.45) is 1.48.